The van der Waals surface area contributed by atoms with Crippen molar-refractivity contribution in [2.24, 2.45) is 0 Å². The number of rotatable bonds is 12. The molecule has 0 radical (unpaired) electrons. The Morgan fingerprint density at radius 3 is 2.33 bits per heavy atom. The standard InChI is InChI=1S/C24H26ClFN4O.C23H27Cl2N3O2/c25-18-1-6-23-21(15-18)22(16-30(23)20-4-2-19(26)3-5-20)17-7-10-28(11-8-17)13-14-29-12-9-27-24(29)31;24-19-4-3-5-21(23(19)25)28-13-11-27(12-14-28)10-1-2-15-30-18-8-6-17-7-9-22(29)26-20(17)16-18/h1-6,15-17H,7-14H2,(H,27,31);3-6,8,16H,1-2,7,9-15H2,(H,26,29). The van der Waals surface area contributed by atoms with E-state index in [1.165, 1.54) is 28.6 Å². The van der Waals surface area contributed by atoms with Crippen molar-refractivity contribution >= 4 is 69.0 Å². The number of unbranched alkanes of at least 4 members (excludes halogenated alkanes) is 1. The van der Waals surface area contributed by atoms with Gasteiger partial charge < -0.3 is 34.6 Å². The zero-order chi connectivity index (χ0) is 42.3. The highest BCUT2D eigenvalue weighted by Gasteiger charge is 2.26. The number of hydrogen-bond donors (Lipinski definition) is 2. The Bertz CT molecular complexity index is 2310. The van der Waals surface area contributed by atoms with Crippen LogP contribution in [0.25, 0.3) is 16.6 Å². The van der Waals surface area contributed by atoms with Gasteiger partial charge in [-0.25, -0.2) is 9.18 Å². The fourth-order valence-electron chi connectivity index (χ4n) is 8.84. The maximum atomic E-state index is 13.4. The van der Waals surface area contributed by atoms with Gasteiger partial charge in [-0.1, -0.05) is 46.9 Å². The average Bonchev–Trinajstić information content (AvgIpc) is 3.87. The summed E-state index contributed by atoms with van der Waals surface area (Å²) in [6.07, 6.45) is 7.81. The first-order chi connectivity index (χ1) is 29.7. The van der Waals surface area contributed by atoms with E-state index in [0.29, 0.717) is 29.0 Å². The Labute approximate surface area is 372 Å². The number of fused-ring (bicyclic) bond motifs is 2. The summed E-state index contributed by atoms with van der Waals surface area (Å²) in [5.74, 6) is 1.12. The number of carbonyl (C=O) groups excluding carboxylic acids is 2. The second-order valence-corrected chi connectivity index (χ2v) is 17.5. The van der Waals surface area contributed by atoms with Gasteiger partial charge >= 0.3 is 6.03 Å². The monoisotopic (exact) mass is 887 g/mol. The van der Waals surface area contributed by atoms with Crippen LogP contribution in [0.15, 0.2) is 85.1 Å². The van der Waals surface area contributed by atoms with E-state index in [0.717, 1.165) is 137 Å². The van der Waals surface area contributed by atoms with Crippen molar-refractivity contribution in [3.63, 3.8) is 0 Å². The van der Waals surface area contributed by atoms with Crippen LogP contribution in [0.3, 0.4) is 0 Å². The summed E-state index contributed by atoms with van der Waals surface area (Å²) in [5, 5.41) is 8.94. The number of halogens is 4. The Morgan fingerprint density at radius 1 is 0.770 bits per heavy atom. The molecular weight excluding hydrogens is 836 g/mol. The molecule has 3 fully saturated rings. The predicted octanol–water partition coefficient (Wildman–Crippen LogP) is 9.49. The van der Waals surface area contributed by atoms with Crippen LogP contribution in [0.2, 0.25) is 15.1 Å². The first-order valence-corrected chi connectivity index (χ1v) is 22.6. The first-order valence-electron chi connectivity index (χ1n) is 21.5. The zero-order valence-corrected chi connectivity index (χ0v) is 36.6. The molecule has 0 spiro atoms. The van der Waals surface area contributed by atoms with E-state index >= 15 is 0 Å². The van der Waals surface area contributed by atoms with Crippen molar-refractivity contribution in [3.05, 3.63) is 117 Å². The minimum absolute atomic E-state index is 0.0559. The van der Waals surface area contributed by atoms with Crippen molar-refractivity contribution in [3.8, 4) is 11.4 Å². The highest BCUT2D eigenvalue weighted by Crippen LogP contribution is 2.37. The molecule has 0 atom stereocenters. The van der Waals surface area contributed by atoms with Crippen LogP contribution in [0.1, 0.15) is 49.1 Å². The number of nitrogens with one attached hydrogen (secondary N) is 2. The molecule has 10 nitrogen and oxygen atoms in total. The number of urea groups is 1. The molecule has 0 unspecified atom stereocenters. The summed E-state index contributed by atoms with van der Waals surface area (Å²) in [6, 6.07) is 24.5. The summed E-state index contributed by atoms with van der Waals surface area (Å²) in [5.41, 5.74) is 6.44. The third-order valence-corrected chi connectivity index (χ3v) is 13.4. The predicted molar refractivity (Wildman–Crippen MR) is 245 cm³/mol. The normalized spacial score (nSPS) is 17.5. The molecule has 3 amide bonds. The molecule has 2 N–H and O–H groups in total. The molecule has 0 saturated carbocycles. The maximum absolute atomic E-state index is 13.4. The lowest BCUT2D eigenvalue weighted by molar-refractivity contribution is -0.116. The molecule has 4 aliphatic rings. The van der Waals surface area contributed by atoms with Gasteiger partial charge in [-0.3, -0.25) is 9.69 Å². The quantitative estimate of drug-likeness (QED) is 0.122. The number of benzene rings is 4. The molecule has 5 heterocycles. The molecule has 0 bridgehead atoms. The van der Waals surface area contributed by atoms with Gasteiger partial charge in [0.1, 0.15) is 11.6 Å². The SMILES string of the molecule is O=C1CCc2ccc(OCCCCN3CCN(c4cccc(Cl)c4Cl)CC3)cc2N1.O=C1NCCN1CCN1CCC(c2cn(-c3ccc(F)cc3)c3ccc(Cl)cc23)CC1. The number of aromatic nitrogens is 1. The number of hydrogen-bond acceptors (Lipinski definition) is 6. The highest BCUT2D eigenvalue weighted by molar-refractivity contribution is 6.43. The van der Waals surface area contributed by atoms with E-state index in [2.05, 4.69) is 42.2 Å². The van der Waals surface area contributed by atoms with Crippen LogP contribution in [-0.2, 0) is 11.2 Å². The number of ether oxygens (including phenoxy) is 1. The summed E-state index contributed by atoms with van der Waals surface area (Å²) in [7, 11) is 0. The lowest BCUT2D eigenvalue weighted by Gasteiger charge is -2.36. The lowest BCUT2D eigenvalue weighted by atomic mass is 9.89. The average molecular weight is 889 g/mol. The number of nitrogens with zero attached hydrogens (tertiary/aromatic N) is 5. The molecule has 4 aromatic carbocycles. The van der Waals surface area contributed by atoms with Crippen LogP contribution in [0, 0.1) is 5.82 Å². The van der Waals surface area contributed by atoms with E-state index in [1.54, 1.807) is 0 Å². The van der Waals surface area contributed by atoms with Gasteiger partial charge in [-0.2, -0.15) is 0 Å². The minimum Gasteiger partial charge on any atom is -0.494 e. The molecule has 3 saturated heterocycles. The highest BCUT2D eigenvalue weighted by atomic mass is 35.5. The van der Waals surface area contributed by atoms with Crippen LogP contribution in [-0.4, -0.2) is 110 Å². The molecule has 14 heteroatoms. The second-order valence-electron chi connectivity index (χ2n) is 16.3. The summed E-state index contributed by atoms with van der Waals surface area (Å²) < 4.78 is 21.5. The number of piperazine rings is 1. The largest absolute Gasteiger partial charge is 0.494 e. The number of anilines is 2. The Balaban J connectivity index is 0.000000169. The van der Waals surface area contributed by atoms with E-state index in [4.69, 9.17) is 39.5 Å². The summed E-state index contributed by atoms with van der Waals surface area (Å²) in [6.45, 7) is 11.0. The lowest BCUT2D eigenvalue weighted by Crippen LogP contribution is -2.46. The topological polar surface area (TPSA) is 85.3 Å². The van der Waals surface area contributed by atoms with Crippen molar-refractivity contribution in [2.75, 3.05) is 88.8 Å². The Morgan fingerprint density at radius 2 is 1.56 bits per heavy atom. The van der Waals surface area contributed by atoms with Gasteiger partial charge in [0.2, 0.25) is 5.91 Å². The van der Waals surface area contributed by atoms with Crippen LogP contribution < -0.4 is 20.3 Å². The second kappa shape index (κ2) is 20.1. The molecule has 9 rings (SSSR count). The van der Waals surface area contributed by atoms with Crippen LogP contribution in [0.4, 0.5) is 20.6 Å². The van der Waals surface area contributed by atoms with E-state index < -0.39 is 0 Å². The van der Waals surface area contributed by atoms with E-state index in [-0.39, 0.29) is 17.8 Å². The molecule has 61 heavy (non-hydrogen) atoms. The Hall–Kier alpha value is -4.52. The van der Waals surface area contributed by atoms with E-state index in [1.807, 2.05) is 65.6 Å². The van der Waals surface area contributed by atoms with Crippen molar-refractivity contribution in [2.45, 2.75) is 44.4 Å². The number of amides is 3. The number of likely N-dealkylation sites (tertiary alicyclic amines) is 1. The van der Waals surface area contributed by atoms with Crippen molar-refractivity contribution in [1.29, 1.82) is 0 Å². The Kier molecular flexibility index (Phi) is 14.2. The van der Waals surface area contributed by atoms with Crippen molar-refractivity contribution in [1.82, 2.24) is 24.6 Å². The maximum Gasteiger partial charge on any atom is 0.317 e. The van der Waals surface area contributed by atoms with Gasteiger partial charge in [-0.05, 0) is 129 Å². The van der Waals surface area contributed by atoms with Gasteiger partial charge in [-0.15, -0.1) is 0 Å². The number of piperidine rings is 1. The molecule has 5 aromatic rings. The fraction of sp³-hybridized carbons (Fsp3) is 0.404. The minimum atomic E-state index is -0.234. The molecular formula is C47H53Cl3FN7O3. The summed E-state index contributed by atoms with van der Waals surface area (Å²) >= 11 is 18.8. The van der Waals surface area contributed by atoms with E-state index in [9.17, 15) is 14.0 Å². The molecule has 0 aliphatic carbocycles. The van der Waals surface area contributed by atoms with Crippen LogP contribution >= 0.6 is 34.8 Å². The number of carbonyl (C=O) groups is 2. The van der Waals surface area contributed by atoms with Gasteiger partial charge in [0.05, 0.1) is 27.9 Å². The van der Waals surface area contributed by atoms with Gasteiger partial charge in [0, 0.05) is 92.8 Å². The first kappa shape index (κ1) is 43.1. The molecule has 322 valence electrons. The third-order valence-electron chi connectivity index (χ3n) is 12.3. The zero-order valence-electron chi connectivity index (χ0n) is 34.4. The molecule has 1 aromatic heterocycles. The van der Waals surface area contributed by atoms with Gasteiger partial charge in [0.25, 0.3) is 0 Å². The van der Waals surface area contributed by atoms with Crippen molar-refractivity contribution < 1.29 is 18.7 Å². The molecule has 4 aliphatic heterocycles. The number of aryl methyl sites for hydroxylation is 1. The summed E-state index contributed by atoms with van der Waals surface area (Å²) in [4.78, 5) is 32.4. The fourth-order valence-corrected chi connectivity index (χ4v) is 9.43. The smallest absolute Gasteiger partial charge is 0.317 e. The van der Waals surface area contributed by atoms with Gasteiger partial charge in [0.15, 0.2) is 0 Å². The third kappa shape index (κ3) is 10.8. The van der Waals surface area contributed by atoms with Crippen LogP contribution in [0.5, 0.6) is 5.75 Å².